The minimum Gasteiger partial charge on any atom is -0.348 e. The summed E-state index contributed by atoms with van der Waals surface area (Å²) in [7, 11) is 0. The van der Waals surface area contributed by atoms with Crippen molar-refractivity contribution in [3.05, 3.63) is 95.3 Å². The quantitative estimate of drug-likeness (QED) is 0.688. The molecule has 1 amide bonds. The molecular weight excluding hydrogens is 324 g/mol. The van der Waals surface area contributed by atoms with Crippen LogP contribution in [0, 0.1) is 6.92 Å². The summed E-state index contributed by atoms with van der Waals surface area (Å²) in [5, 5.41) is 2.98. The number of amides is 1. The number of carbonyl (C=O) groups is 2. The van der Waals surface area contributed by atoms with Gasteiger partial charge in [0.15, 0.2) is 0 Å². The van der Waals surface area contributed by atoms with Crippen LogP contribution in [0.15, 0.2) is 72.9 Å². The lowest BCUT2D eigenvalue weighted by Crippen LogP contribution is -2.30. The van der Waals surface area contributed by atoms with Gasteiger partial charge in [-0.15, -0.1) is 0 Å². The standard InChI is InChI=1S/C22H22N2O2/c1-16-9-6-7-12-19(16)22(26)20-13-8-14-24(20)15-21(25)23-17(2)18-10-4-3-5-11-18/h3-14,17H,15H2,1-2H3,(H,23,25)/t17-/m1/s1. The molecule has 4 nitrogen and oxygen atoms in total. The molecule has 0 fully saturated rings. The number of hydrogen-bond donors (Lipinski definition) is 1. The number of rotatable bonds is 6. The average Bonchev–Trinajstić information content (AvgIpc) is 3.10. The summed E-state index contributed by atoms with van der Waals surface area (Å²) in [6.07, 6.45) is 1.76. The highest BCUT2D eigenvalue weighted by molar-refractivity contribution is 6.09. The lowest BCUT2D eigenvalue weighted by molar-refractivity contribution is -0.122. The summed E-state index contributed by atoms with van der Waals surface area (Å²) in [5.41, 5.74) is 3.14. The largest absolute Gasteiger partial charge is 0.348 e. The van der Waals surface area contributed by atoms with Crippen LogP contribution in [0.1, 0.15) is 40.1 Å². The molecule has 1 atom stereocenters. The molecule has 0 saturated carbocycles. The van der Waals surface area contributed by atoms with Crippen LogP contribution in [-0.4, -0.2) is 16.3 Å². The normalized spacial score (nSPS) is 11.8. The second-order valence-corrected chi connectivity index (χ2v) is 6.37. The Labute approximate surface area is 153 Å². The molecule has 0 bridgehead atoms. The van der Waals surface area contributed by atoms with Gasteiger partial charge in [-0.1, -0.05) is 54.6 Å². The predicted octanol–water partition coefficient (Wildman–Crippen LogP) is 3.90. The van der Waals surface area contributed by atoms with Gasteiger partial charge in [0.05, 0.1) is 11.7 Å². The predicted molar refractivity (Wildman–Crippen MR) is 102 cm³/mol. The molecule has 0 unspecified atom stereocenters. The summed E-state index contributed by atoms with van der Waals surface area (Å²) in [6.45, 7) is 3.97. The van der Waals surface area contributed by atoms with Gasteiger partial charge in [-0.25, -0.2) is 0 Å². The van der Waals surface area contributed by atoms with Crippen molar-refractivity contribution in [2.75, 3.05) is 0 Å². The topological polar surface area (TPSA) is 51.1 Å². The maximum absolute atomic E-state index is 12.8. The average molecular weight is 346 g/mol. The van der Waals surface area contributed by atoms with E-state index in [0.29, 0.717) is 11.3 Å². The zero-order chi connectivity index (χ0) is 18.5. The fraction of sp³-hybridized carbons (Fsp3) is 0.182. The number of aryl methyl sites for hydroxylation is 1. The van der Waals surface area contributed by atoms with Crippen molar-refractivity contribution in [2.24, 2.45) is 0 Å². The van der Waals surface area contributed by atoms with Crippen molar-refractivity contribution < 1.29 is 9.59 Å². The van der Waals surface area contributed by atoms with Crippen molar-refractivity contribution in [3.63, 3.8) is 0 Å². The van der Waals surface area contributed by atoms with Crippen LogP contribution in [-0.2, 0) is 11.3 Å². The van der Waals surface area contributed by atoms with E-state index in [1.54, 1.807) is 22.9 Å². The Balaban J connectivity index is 1.72. The van der Waals surface area contributed by atoms with Crippen molar-refractivity contribution in [1.29, 1.82) is 0 Å². The summed E-state index contributed by atoms with van der Waals surface area (Å²) >= 11 is 0. The van der Waals surface area contributed by atoms with Crippen molar-refractivity contribution in [1.82, 2.24) is 9.88 Å². The molecule has 0 aliphatic heterocycles. The molecule has 0 aliphatic rings. The fourth-order valence-electron chi connectivity index (χ4n) is 2.99. The summed E-state index contributed by atoms with van der Waals surface area (Å²) in [4.78, 5) is 25.3. The number of nitrogens with zero attached hydrogens (tertiary/aromatic N) is 1. The Morgan fingerprint density at radius 2 is 1.65 bits per heavy atom. The van der Waals surface area contributed by atoms with Crippen molar-refractivity contribution >= 4 is 11.7 Å². The molecule has 2 aromatic carbocycles. The summed E-state index contributed by atoms with van der Waals surface area (Å²) in [5.74, 6) is -0.201. The third-order valence-corrected chi connectivity index (χ3v) is 4.44. The second kappa shape index (κ2) is 7.83. The van der Waals surface area contributed by atoms with E-state index < -0.39 is 0 Å². The van der Waals surface area contributed by atoms with Crippen LogP contribution in [0.3, 0.4) is 0 Å². The van der Waals surface area contributed by atoms with E-state index in [1.165, 1.54) is 0 Å². The second-order valence-electron chi connectivity index (χ2n) is 6.37. The molecule has 0 saturated heterocycles. The van der Waals surface area contributed by atoms with Gasteiger partial charge in [0, 0.05) is 11.8 Å². The van der Waals surface area contributed by atoms with Gasteiger partial charge in [-0.05, 0) is 37.1 Å². The van der Waals surface area contributed by atoms with Gasteiger partial charge in [0.2, 0.25) is 11.7 Å². The number of nitrogens with one attached hydrogen (secondary N) is 1. The molecule has 3 aromatic rings. The van der Waals surface area contributed by atoms with Gasteiger partial charge in [0.25, 0.3) is 0 Å². The SMILES string of the molecule is Cc1ccccc1C(=O)c1cccn1CC(=O)N[C@H](C)c1ccccc1. The first-order valence-corrected chi connectivity index (χ1v) is 8.66. The smallest absolute Gasteiger partial charge is 0.240 e. The first kappa shape index (κ1) is 17.7. The summed E-state index contributed by atoms with van der Waals surface area (Å²) < 4.78 is 1.70. The highest BCUT2D eigenvalue weighted by Crippen LogP contribution is 2.15. The molecule has 26 heavy (non-hydrogen) atoms. The van der Waals surface area contributed by atoms with Gasteiger partial charge in [-0.2, -0.15) is 0 Å². The Bertz CT molecular complexity index is 913. The molecular formula is C22H22N2O2. The zero-order valence-electron chi connectivity index (χ0n) is 15.0. The molecule has 1 N–H and O–H groups in total. The van der Waals surface area contributed by atoms with Crippen LogP contribution >= 0.6 is 0 Å². The minimum absolute atomic E-state index is 0.0722. The molecule has 1 heterocycles. The van der Waals surface area contributed by atoms with E-state index in [9.17, 15) is 9.59 Å². The van der Waals surface area contributed by atoms with E-state index in [-0.39, 0.29) is 24.3 Å². The van der Waals surface area contributed by atoms with Gasteiger partial charge in [0.1, 0.15) is 6.54 Å². The van der Waals surface area contributed by atoms with E-state index in [1.807, 2.05) is 68.4 Å². The van der Waals surface area contributed by atoms with Gasteiger partial charge >= 0.3 is 0 Å². The Kier molecular flexibility index (Phi) is 5.32. The first-order valence-electron chi connectivity index (χ1n) is 8.66. The summed E-state index contributed by atoms with van der Waals surface area (Å²) in [6, 6.07) is 20.7. The fourth-order valence-corrected chi connectivity index (χ4v) is 2.99. The Morgan fingerprint density at radius 3 is 2.38 bits per heavy atom. The number of benzene rings is 2. The van der Waals surface area contributed by atoms with Gasteiger partial charge < -0.3 is 9.88 Å². The molecule has 1 aromatic heterocycles. The number of hydrogen-bond acceptors (Lipinski definition) is 2. The van der Waals surface area contributed by atoms with E-state index >= 15 is 0 Å². The Hall–Kier alpha value is -3.14. The van der Waals surface area contributed by atoms with E-state index in [2.05, 4.69) is 5.32 Å². The highest BCUT2D eigenvalue weighted by atomic mass is 16.2. The lowest BCUT2D eigenvalue weighted by atomic mass is 10.0. The maximum atomic E-state index is 12.8. The van der Waals surface area contributed by atoms with Crippen LogP contribution in [0.5, 0.6) is 0 Å². The molecule has 0 spiro atoms. The first-order chi connectivity index (χ1) is 12.6. The lowest BCUT2D eigenvalue weighted by Gasteiger charge is -2.15. The minimum atomic E-state index is -0.128. The van der Waals surface area contributed by atoms with Crippen molar-refractivity contribution in [2.45, 2.75) is 26.4 Å². The number of ketones is 1. The molecule has 4 heteroatoms. The van der Waals surface area contributed by atoms with Crippen LogP contribution < -0.4 is 5.32 Å². The Morgan fingerprint density at radius 1 is 0.962 bits per heavy atom. The number of aromatic nitrogens is 1. The third-order valence-electron chi connectivity index (χ3n) is 4.44. The zero-order valence-corrected chi connectivity index (χ0v) is 15.0. The maximum Gasteiger partial charge on any atom is 0.240 e. The van der Waals surface area contributed by atoms with Crippen LogP contribution in [0.4, 0.5) is 0 Å². The van der Waals surface area contributed by atoms with E-state index in [0.717, 1.165) is 11.1 Å². The highest BCUT2D eigenvalue weighted by Gasteiger charge is 2.17. The molecule has 3 rings (SSSR count). The molecule has 0 aliphatic carbocycles. The monoisotopic (exact) mass is 346 g/mol. The van der Waals surface area contributed by atoms with Crippen LogP contribution in [0.2, 0.25) is 0 Å². The van der Waals surface area contributed by atoms with Crippen LogP contribution in [0.25, 0.3) is 0 Å². The van der Waals surface area contributed by atoms with Crippen molar-refractivity contribution in [3.8, 4) is 0 Å². The van der Waals surface area contributed by atoms with Gasteiger partial charge in [-0.3, -0.25) is 9.59 Å². The molecule has 0 radical (unpaired) electrons. The third kappa shape index (κ3) is 3.91. The number of carbonyl (C=O) groups excluding carboxylic acids is 2. The van der Waals surface area contributed by atoms with E-state index in [4.69, 9.17) is 0 Å². The molecule has 132 valence electrons.